The summed E-state index contributed by atoms with van der Waals surface area (Å²) in [6, 6.07) is 0. The Labute approximate surface area is 92.9 Å². The van der Waals surface area contributed by atoms with Gasteiger partial charge in [-0.05, 0) is 24.1 Å². The topological polar surface area (TPSA) is 17.1 Å². The summed E-state index contributed by atoms with van der Waals surface area (Å²) >= 11 is 1.81. The Hall–Kier alpha value is -1.28. The summed E-state index contributed by atoms with van der Waals surface area (Å²) in [5.41, 5.74) is 2.12. The summed E-state index contributed by atoms with van der Waals surface area (Å²) in [4.78, 5) is 12.9. The molecule has 2 aliphatic carbocycles. The molecule has 1 aliphatic heterocycles. The Morgan fingerprint density at radius 2 is 2.13 bits per heavy atom. The van der Waals surface area contributed by atoms with Crippen LogP contribution in [0, 0.1) is 0 Å². The molecule has 0 aromatic carbocycles. The predicted octanol–water partition coefficient (Wildman–Crippen LogP) is 2.94. The number of hydrogen-bond donors (Lipinski definition) is 0. The van der Waals surface area contributed by atoms with Crippen molar-refractivity contribution in [1.29, 1.82) is 0 Å². The number of hydrogen-bond acceptors (Lipinski definition) is 2. The van der Waals surface area contributed by atoms with E-state index in [1.807, 2.05) is 30.0 Å². The molecule has 74 valence electrons. The lowest BCUT2D eigenvalue weighted by Gasteiger charge is -2.05. The molecule has 0 spiro atoms. The number of thioether (sulfide) groups is 1. The van der Waals surface area contributed by atoms with Crippen LogP contribution in [-0.2, 0) is 4.79 Å². The second kappa shape index (κ2) is 3.38. The molecular weight excluding hydrogens is 204 g/mol. The molecule has 1 unspecified atom stereocenters. The molecule has 2 heteroatoms. The highest BCUT2D eigenvalue weighted by Crippen LogP contribution is 2.46. The van der Waals surface area contributed by atoms with Crippen molar-refractivity contribution in [3.8, 4) is 0 Å². The first-order chi connectivity index (χ1) is 7.36. The minimum Gasteiger partial charge on any atom is -0.289 e. The molecule has 0 amide bonds. The SMILES string of the molecule is O=C1C=CC=C2SC3CC=CC=CC3=C12. The third kappa shape index (κ3) is 1.37. The van der Waals surface area contributed by atoms with Crippen LogP contribution in [0.15, 0.2) is 58.6 Å². The van der Waals surface area contributed by atoms with E-state index in [2.05, 4.69) is 18.2 Å². The fraction of sp³-hybridized carbons (Fsp3) is 0.154. The van der Waals surface area contributed by atoms with Gasteiger partial charge in [-0.25, -0.2) is 0 Å². The lowest BCUT2D eigenvalue weighted by molar-refractivity contribution is -0.111. The largest absolute Gasteiger partial charge is 0.289 e. The van der Waals surface area contributed by atoms with E-state index in [1.54, 1.807) is 6.08 Å². The second-order valence-corrected chi connectivity index (χ2v) is 4.96. The Bertz CT molecular complexity index is 475. The van der Waals surface area contributed by atoms with Crippen molar-refractivity contribution in [2.24, 2.45) is 0 Å². The van der Waals surface area contributed by atoms with E-state index in [-0.39, 0.29) is 5.78 Å². The van der Waals surface area contributed by atoms with E-state index >= 15 is 0 Å². The van der Waals surface area contributed by atoms with Crippen molar-refractivity contribution in [3.05, 3.63) is 58.6 Å². The summed E-state index contributed by atoms with van der Waals surface area (Å²) < 4.78 is 0. The van der Waals surface area contributed by atoms with Crippen molar-refractivity contribution in [2.45, 2.75) is 11.7 Å². The van der Waals surface area contributed by atoms with Gasteiger partial charge >= 0.3 is 0 Å². The second-order valence-electron chi connectivity index (χ2n) is 3.71. The summed E-state index contributed by atoms with van der Waals surface area (Å²) in [6.45, 7) is 0. The number of fused-ring (bicyclic) bond motifs is 2. The van der Waals surface area contributed by atoms with Crippen LogP contribution in [0.1, 0.15) is 6.42 Å². The van der Waals surface area contributed by atoms with E-state index in [1.165, 1.54) is 5.57 Å². The molecule has 1 atom stereocenters. The lowest BCUT2D eigenvalue weighted by atomic mass is 9.97. The minimum atomic E-state index is 0.157. The van der Waals surface area contributed by atoms with Crippen LogP contribution in [0.25, 0.3) is 0 Å². The molecule has 3 aliphatic rings. The molecule has 0 radical (unpaired) electrons. The average Bonchev–Trinajstić information content (AvgIpc) is 2.43. The quantitative estimate of drug-likeness (QED) is 0.616. The number of ketones is 1. The molecule has 0 N–H and O–H groups in total. The number of carbonyl (C=O) groups excluding carboxylic acids is 1. The fourth-order valence-corrected chi connectivity index (χ4v) is 3.41. The van der Waals surface area contributed by atoms with Gasteiger partial charge in [0.15, 0.2) is 5.78 Å². The van der Waals surface area contributed by atoms with Crippen molar-refractivity contribution in [1.82, 2.24) is 0 Å². The highest BCUT2D eigenvalue weighted by Gasteiger charge is 2.32. The molecule has 0 saturated carbocycles. The van der Waals surface area contributed by atoms with Crippen molar-refractivity contribution in [3.63, 3.8) is 0 Å². The molecule has 0 fully saturated rings. The standard InChI is InChI=1S/C13H10OS/c14-10-6-4-8-12-13(10)9-5-2-1-3-7-11(9)15-12/h1-6,8,11H,7H2. The highest BCUT2D eigenvalue weighted by molar-refractivity contribution is 8.04. The Morgan fingerprint density at radius 1 is 1.20 bits per heavy atom. The minimum absolute atomic E-state index is 0.157. The van der Waals surface area contributed by atoms with Crippen molar-refractivity contribution < 1.29 is 4.79 Å². The number of carbonyl (C=O) groups is 1. The van der Waals surface area contributed by atoms with E-state index in [0.717, 1.165) is 16.9 Å². The van der Waals surface area contributed by atoms with Gasteiger partial charge in [0.05, 0.1) is 0 Å². The van der Waals surface area contributed by atoms with Crippen molar-refractivity contribution in [2.75, 3.05) is 0 Å². The molecule has 0 aromatic heterocycles. The zero-order valence-corrected chi connectivity index (χ0v) is 8.96. The van der Waals surface area contributed by atoms with Gasteiger partial charge in [-0.15, -0.1) is 11.8 Å². The van der Waals surface area contributed by atoms with Gasteiger partial charge in [-0.1, -0.05) is 30.4 Å². The van der Waals surface area contributed by atoms with Gasteiger partial charge in [-0.3, -0.25) is 4.79 Å². The Balaban J connectivity index is 2.15. The van der Waals surface area contributed by atoms with Gasteiger partial charge < -0.3 is 0 Å². The van der Waals surface area contributed by atoms with Crippen LogP contribution in [-0.4, -0.2) is 11.0 Å². The van der Waals surface area contributed by atoms with Gasteiger partial charge in [0.1, 0.15) is 0 Å². The van der Waals surface area contributed by atoms with E-state index in [9.17, 15) is 4.79 Å². The maximum absolute atomic E-state index is 11.8. The maximum Gasteiger partial charge on any atom is 0.187 e. The molecule has 0 bridgehead atoms. The van der Waals surface area contributed by atoms with Gasteiger partial charge in [-0.2, -0.15) is 0 Å². The Kier molecular flexibility index (Phi) is 2.03. The zero-order chi connectivity index (χ0) is 10.3. The van der Waals surface area contributed by atoms with Crippen LogP contribution < -0.4 is 0 Å². The summed E-state index contributed by atoms with van der Waals surface area (Å²) in [7, 11) is 0. The van der Waals surface area contributed by atoms with E-state index < -0.39 is 0 Å². The van der Waals surface area contributed by atoms with Crippen LogP contribution in [0.5, 0.6) is 0 Å². The predicted molar refractivity (Wildman–Crippen MR) is 63.5 cm³/mol. The Morgan fingerprint density at radius 3 is 3.07 bits per heavy atom. The van der Waals surface area contributed by atoms with E-state index in [4.69, 9.17) is 0 Å². The first kappa shape index (κ1) is 8.98. The third-order valence-corrected chi connectivity index (χ3v) is 4.09. The van der Waals surface area contributed by atoms with Crippen LogP contribution in [0.2, 0.25) is 0 Å². The normalized spacial score (nSPS) is 27.6. The van der Waals surface area contributed by atoms with E-state index in [0.29, 0.717) is 5.25 Å². The third-order valence-electron chi connectivity index (χ3n) is 2.77. The zero-order valence-electron chi connectivity index (χ0n) is 8.14. The monoisotopic (exact) mass is 214 g/mol. The van der Waals surface area contributed by atoms with Gasteiger partial charge in [0, 0.05) is 15.7 Å². The van der Waals surface area contributed by atoms with Crippen LogP contribution in [0.3, 0.4) is 0 Å². The fourth-order valence-electron chi connectivity index (χ4n) is 2.08. The molecule has 3 rings (SSSR count). The van der Waals surface area contributed by atoms with Crippen LogP contribution in [0.4, 0.5) is 0 Å². The molecule has 0 saturated heterocycles. The van der Waals surface area contributed by atoms with Gasteiger partial charge in [0.25, 0.3) is 0 Å². The van der Waals surface area contributed by atoms with Gasteiger partial charge in [0.2, 0.25) is 0 Å². The number of rotatable bonds is 0. The molecular formula is C13H10OS. The first-order valence-corrected chi connectivity index (χ1v) is 5.91. The molecule has 0 aromatic rings. The summed E-state index contributed by atoms with van der Waals surface area (Å²) in [5, 5.41) is 0.435. The van der Waals surface area contributed by atoms with Crippen molar-refractivity contribution >= 4 is 17.5 Å². The molecule has 1 nitrogen and oxygen atoms in total. The molecule has 1 heterocycles. The van der Waals surface area contributed by atoms with Crippen LogP contribution >= 0.6 is 11.8 Å². The molecule has 15 heavy (non-hydrogen) atoms. The average molecular weight is 214 g/mol. The number of allylic oxidation sites excluding steroid dienone is 8. The summed E-state index contributed by atoms with van der Waals surface area (Å²) in [5.74, 6) is 0.157. The maximum atomic E-state index is 11.8. The highest BCUT2D eigenvalue weighted by atomic mass is 32.2. The smallest absolute Gasteiger partial charge is 0.187 e. The first-order valence-electron chi connectivity index (χ1n) is 5.03. The summed E-state index contributed by atoms with van der Waals surface area (Å²) in [6.07, 6.45) is 14.9. The lowest BCUT2D eigenvalue weighted by Crippen LogP contribution is -2.04.